The van der Waals surface area contributed by atoms with E-state index in [2.05, 4.69) is 4.99 Å². The van der Waals surface area contributed by atoms with Crippen LogP contribution in [0.25, 0.3) is 6.20 Å². The molecule has 0 spiro atoms. The first-order valence-electron chi connectivity index (χ1n) is 5.92. The maximum atomic E-state index is 10.8. The topological polar surface area (TPSA) is 54.6 Å². The van der Waals surface area contributed by atoms with Crippen LogP contribution < -0.4 is 0 Å². The van der Waals surface area contributed by atoms with Gasteiger partial charge in [-0.2, -0.15) is 0 Å². The summed E-state index contributed by atoms with van der Waals surface area (Å²) in [5.74, 6) is 0.0140. The number of aliphatic imine (C=N–C) groups is 1. The van der Waals surface area contributed by atoms with Crippen molar-refractivity contribution in [2.45, 2.75) is 31.7 Å². The van der Waals surface area contributed by atoms with Crippen molar-refractivity contribution in [3.63, 3.8) is 0 Å². The maximum Gasteiger partial charge on any atom is 0.206 e. The molecule has 0 saturated heterocycles. The van der Waals surface area contributed by atoms with Gasteiger partial charge in [0.2, 0.25) is 5.88 Å². The molecule has 2 aliphatic rings. The van der Waals surface area contributed by atoms with Crippen molar-refractivity contribution in [1.29, 1.82) is 0 Å². The zero-order valence-electron chi connectivity index (χ0n) is 9.47. The van der Waals surface area contributed by atoms with Crippen LogP contribution >= 0.6 is 0 Å². The van der Waals surface area contributed by atoms with Gasteiger partial charge < -0.3 is 5.11 Å². The summed E-state index contributed by atoms with van der Waals surface area (Å²) in [6, 6.07) is 1.92. The largest absolute Gasteiger partial charge is 0.494 e. The van der Waals surface area contributed by atoms with Crippen molar-refractivity contribution in [2.24, 2.45) is 4.99 Å². The Morgan fingerprint density at radius 2 is 2.35 bits per heavy atom. The molecule has 17 heavy (non-hydrogen) atoms. The van der Waals surface area contributed by atoms with Crippen LogP contribution in [0.2, 0.25) is 0 Å². The predicted octanol–water partition coefficient (Wildman–Crippen LogP) is 2.22. The van der Waals surface area contributed by atoms with Gasteiger partial charge >= 0.3 is 0 Å². The van der Waals surface area contributed by atoms with Crippen LogP contribution in [0.3, 0.4) is 0 Å². The molecule has 1 atom stereocenters. The van der Waals surface area contributed by atoms with E-state index >= 15 is 0 Å². The third kappa shape index (κ3) is 1.60. The number of nitrogens with zero attached hydrogens (tertiary/aromatic N) is 2. The number of fused-ring (bicyclic) bond motifs is 2. The van der Waals surface area contributed by atoms with Crippen molar-refractivity contribution in [3.05, 3.63) is 22.9 Å². The van der Waals surface area contributed by atoms with Gasteiger partial charge in [-0.25, -0.2) is 0 Å². The molecule has 2 heterocycles. The van der Waals surface area contributed by atoms with E-state index in [0.29, 0.717) is 11.8 Å². The average molecular weight is 230 g/mol. The minimum atomic E-state index is 0.0140. The molecule has 88 valence electrons. The fourth-order valence-corrected chi connectivity index (χ4v) is 2.55. The molecule has 4 nitrogen and oxygen atoms in total. The molecular weight excluding hydrogens is 216 g/mol. The van der Waals surface area contributed by atoms with Gasteiger partial charge in [0.05, 0.1) is 17.3 Å². The molecule has 1 unspecified atom stereocenters. The molecule has 1 saturated carbocycles. The van der Waals surface area contributed by atoms with Crippen LogP contribution in [0.4, 0.5) is 0 Å². The molecule has 0 bridgehead atoms. The van der Waals surface area contributed by atoms with Gasteiger partial charge in [0, 0.05) is 12.4 Å². The fourth-order valence-electron chi connectivity index (χ4n) is 2.55. The third-order valence-corrected chi connectivity index (χ3v) is 3.50. The van der Waals surface area contributed by atoms with Crippen molar-refractivity contribution < 1.29 is 9.90 Å². The number of hydrogen-bond acceptors (Lipinski definition) is 3. The number of carbonyl (C=O) groups excluding carboxylic acids is 1. The van der Waals surface area contributed by atoms with E-state index in [0.717, 1.165) is 18.5 Å². The lowest BCUT2D eigenvalue weighted by Gasteiger charge is -2.20. The quantitative estimate of drug-likeness (QED) is 0.752. The maximum absolute atomic E-state index is 10.8. The first-order chi connectivity index (χ1) is 8.29. The Hall–Kier alpha value is -1.84. The van der Waals surface area contributed by atoms with E-state index in [9.17, 15) is 9.90 Å². The molecule has 1 aromatic heterocycles. The molecule has 1 N–H and O–H groups in total. The molecular formula is C13H14N2O2. The second-order valence-electron chi connectivity index (χ2n) is 4.58. The highest BCUT2D eigenvalue weighted by molar-refractivity contribution is 5.88. The summed E-state index contributed by atoms with van der Waals surface area (Å²) in [7, 11) is 0. The van der Waals surface area contributed by atoms with E-state index < -0.39 is 0 Å². The van der Waals surface area contributed by atoms with Crippen LogP contribution in [0.1, 0.15) is 41.7 Å². The number of aromatic nitrogens is 1. The van der Waals surface area contributed by atoms with Gasteiger partial charge in [-0.05, 0) is 30.9 Å². The molecule has 0 amide bonds. The van der Waals surface area contributed by atoms with E-state index in [1.54, 1.807) is 16.8 Å². The Morgan fingerprint density at radius 3 is 3.18 bits per heavy atom. The van der Waals surface area contributed by atoms with Crippen molar-refractivity contribution >= 4 is 18.7 Å². The minimum absolute atomic E-state index is 0.0140. The number of hydrogen-bond donors (Lipinski definition) is 1. The Morgan fingerprint density at radius 1 is 1.47 bits per heavy atom. The van der Waals surface area contributed by atoms with Gasteiger partial charge in [-0.1, -0.05) is 6.42 Å². The lowest BCUT2D eigenvalue weighted by atomic mass is 9.91. The second kappa shape index (κ2) is 3.87. The highest BCUT2D eigenvalue weighted by atomic mass is 16.3. The van der Waals surface area contributed by atoms with Gasteiger partial charge in [-0.3, -0.25) is 14.4 Å². The highest BCUT2D eigenvalue weighted by Crippen LogP contribution is 2.31. The molecule has 4 heteroatoms. The lowest BCUT2D eigenvalue weighted by molar-refractivity contribution is 0.112. The number of rotatable bonds is 1. The fraction of sp³-hybridized carbons (Fsp3) is 0.385. The van der Waals surface area contributed by atoms with Crippen LogP contribution in [-0.4, -0.2) is 28.2 Å². The zero-order chi connectivity index (χ0) is 11.8. The Labute approximate surface area is 99.3 Å². The standard InChI is InChI=1S/C13H14N2O2/c16-8-10-5-11-6-14-12-4-2-1-3-9(12)7-15(11)13(10)17/h5-8,12,17H,1-4H2. The summed E-state index contributed by atoms with van der Waals surface area (Å²) in [6.07, 6.45) is 8.85. The minimum Gasteiger partial charge on any atom is -0.494 e. The molecule has 0 radical (unpaired) electrons. The van der Waals surface area contributed by atoms with Crippen LogP contribution in [0, 0.1) is 0 Å². The summed E-state index contributed by atoms with van der Waals surface area (Å²) >= 11 is 0. The lowest BCUT2D eigenvalue weighted by Crippen LogP contribution is -2.13. The number of carbonyl (C=O) groups is 1. The first-order valence-corrected chi connectivity index (χ1v) is 5.92. The van der Waals surface area contributed by atoms with Crippen molar-refractivity contribution in [2.75, 3.05) is 0 Å². The normalized spacial score (nSPS) is 22.4. The molecule has 0 aromatic carbocycles. The molecule has 1 aliphatic heterocycles. The summed E-state index contributed by atoms with van der Waals surface area (Å²) in [5.41, 5.74) is 2.33. The molecule has 1 fully saturated rings. The Bertz CT molecular complexity index is 526. The van der Waals surface area contributed by atoms with E-state index in [-0.39, 0.29) is 11.9 Å². The van der Waals surface area contributed by atoms with Gasteiger partial charge in [0.25, 0.3) is 0 Å². The van der Waals surface area contributed by atoms with Crippen LogP contribution in [-0.2, 0) is 0 Å². The smallest absolute Gasteiger partial charge is 0.206 e. The number of aromatic hydroxyl groups is 1. The molecule has 1 aliphatic carbocycles. The average Bonchev–Trinajstić information content (AvgIpc) is 2.56. The second-order valence-corrected chi connectivity index (χ2v) is 4.58. The Balaban J connectivity index is 2.12. The summed E-state index contributed by atoms with van der Waals surface area (Å²) in [6.45, 7) is 0. The summed E-state index contributed by atoms with van der Waals surface area (Å²) < 4.78 is 1.66. The SMILES string of the molecule is O=Cc1cc2n(c1O)C=C1CCCCC1N=C2. The third-order valence-electron chi connectivity index (χ3n) is 3.50. The highest BCUT2D eigenvalue weighted by Gasteiger charge is 2.22. The van der Waals surface area contributed by atoms with Crippen molar-refractivity contribution in [3.8, 4) is 5.88 Å². The molecule has 3 rings (SSSR count). The van der Waals surface area contributed by atoms with Gasteiger partial charge in [-0.15, -0.1) is 0 Å². The van der Waals surface area contributed by atoms with Crippen molar-refractivity contribution in [1.82, 2.24) is 4.57 Å². The molecule has 1 aromatic rings. The summed E-state index contributed by atoms with van der Waals surface area (Å²) in [4.78, 5) is 15.3. The zero-order valence-corrected chi connectivity index (χ0v) is 9.47. The van der Waals surface area contributed by atoms with Gasteiger partial charge in [0.1, 0.15) is 0 Å². The van der Waals surface area contributed by atoms with Gasteiger partial charge in [0.15, 0.2) is 6.29 Å². The Kier molecular flexibility index (Phi) is 2.35. The summed E-state index contributed by atoms with van der Waals surface area (Å²) in [5, 5.41) is 9.92. The van der Waals surface area contributed by atoms with Crippen LogP contribution in [0.15, 0.2) is 16.6 Å². The monoisotopic (exact) mass is 230 g/mol. The van der Waals surface area contributed by atoms with Crippen LogP contribution in [0.5, 0.6) is 5.88 Å². The number of aldehydes is 1. The van der Waals surface area contributed by atoms with E-state index in [1.165, 1.54) is 18.4 Å². The predicted molar refractivity (Wildman–Crippen MR) is 65.6 cm³/mol. The van der Waals surface area contributed by atoms with E-state index in [4.69, 9.17) is 0 Å². The first kappa shape index (κ1) is 10.3. The van der Waals surface area contributed by atoms with E-state index in [1.807, 2.05) is 6.20 Å².